The summed E-state index contributed by atoms with van der Waals surface area (Å²) >= 11 is 2.69. The number of esters is 1. The minimum atomic E-state index is -1.79. The molecule has 8 rings (SSSR count). The molecule has 2 aliphatic carbocycles. The maximum atomic E-state index is 13.5. The lowest BCUT2D eigenvalue weighted by Crippen LogP contribution is -2.42. The van der Waals surface area contributed by atoms with Gasteiger partial charge >= 0.3 is 5.97 Å². The number of allylic oxidation sites excluding steroid dienone is 4. The van der Waals surface area contributed by atoms with Crippen LogP contribution >= 0.6 is 22.7 Å². The Balaban J connectivity index is 0.852. The monoisotopic (exact) mass is 796 g/mol. The summed E-state index contributed by atoms with van der Waals surface area (Å²) in [6.45, 7) is 2.23. The third kappa shape index (κ3) is 7.28. The number of nitrogens with one attached hydrogen (secondary N) is 1. The van der Waals surface area contributed by atoms with Crippen LogP contribution in [0.25, 0.3) is 21.9 Å². The van der Waals surface area contributed by atoms with Gasteiger partial charge in [-0.1, -0.05) is 29.5 Å². The number of ether oxygens (including phenoxy) is 1. The number of rotatable bonds is 14. The fraction of sp³-hybridized carbons (Fsp3) is 0.400. The van der Waals surface area contributed by atoms with Crippen LogP contribution in [0.1, 0.15) is 47.4 Å². The Kier molecular flexibility index (Phi) is 10.8. The van der Waals surface area contributed by atoms with Gasteiger partial charge in [0.2, 0.25) is 5.60 Å². The molecule has 4 aromatic heterocycles. The van der Waals surface area contributed by atoms with Crippen molar-refractivity contribution in [2.75, 3.05) is 20.1 Å². The number of aryl methyl sites for hydroxylation is 2. The van der Waals surface area contributed by atoms with E-state index in [1.165, 1.54) is 34.8 Å². The second-order valence-corrected chi connectivity index (χ2v) is 16.5. The molecule has 292 valence electrons. The molecule has 14 nitrogen and oxygen atoms in total. The summed E-state index contributed by atoms with van der Waals surface area (Å²) in [4.78, 5) is 32.7. The Morgan fingerprint density at radius 3 is 2.59 bits per heavy atom. The molecule has 1 fully saturated rings. The van der Waals surface area contributed by atoms with Crippen LogP contribution < -0.4 is 5.32 Å². The molecule has 56 heavy (non-hydrogen) atoms. The van der Waals surface area contributed by atoms with Gasteiger partial charge in [-0.2, -0.15) is 5.10 Å². The van der Waals surface area contributed by atoms with Gasteiger partial charge < -0.3 is 30.3 Å². The Hall–Kier alpha value is -4.84. The lowest BCUT2D eigenvalue weighted by Gasteiger charge is -2.35. The number of fused-ring (bicyclic) bond motifs is 4. The van der Waals surface area contributed by atoms with E-state index in [4.69, 9.17) is 4.74 Å². The topological polar surface area (TPSA) is 180 Å². The van der Waals surface area contributed by atoms with E-state index in [9.17, 15) is 24.9 Å². The number of aliphatic hydroxyl groups excluding tert-OH is 2. The first-order chi connectivity index (χ1) is 27.1. The number of benzene rings is 1. The van der Waals surface area contributed by atoms with Crippen molar-refractivity contribution in [3.63, 3.8) is 0 Å². The number of hydrogen-bond donors (Lipinski definition) is 4. The minimum absolute atomic E-state index is 0.0702. The lowest BCUT2D eigenvalue weighted by molar-refractivity contribution is -0.169. The molecule has 0 bridgehead atoms. The van der Waals surface area contributed by atoms with Crippen molar-refractivity contribution in [2.24, 2.45) is 18.0 Å². The van der Waals surface area contributed by atoms with Gasteiger partial charge in [0, 0.05) is 50.1 Å². The number of aliphatic hydroxyl groups is 3. The summed E-state index contributed by atoms with van der Waals surface area (Å²) in [6, 6.07) is 9.59. The number of aromatic nitrogens is 5. The molecular weight excluding hydrogens is 753 g/mol. The average Bonchev–Trinajstić information content (AvgIpc) is 4.04. The highest BCUT2D eigenvalue weighted by Gasteiger charge is 2.45. The number of nitrogens with zero attached hydrogens (tertiary/aromatic N) is 7. The van der Waals surface area contributed by atoms with Gasteiger partial charge in [-0.15, -0.1) is 27.8 Å². The van der Waals surface area contributed by atoms with Gasteiger partial charge in [-0.05, 0) is 91.9 Å². The Morgan fingerprint density at radius 2 is 1.88 bits per heavy atom. The molecule has 1 amide bonds. The summed E-state index contributed by atoms with van der Waals surface area (Å²) in [7, 11) is 4.05. The number of carbonyl (C=O) groups is 2. The molecule has 3 aliphatic rings. The smallest absolute Gasteiger partial charge is 0.349 e. The standard InChI is InChI=1S/C40H44N8O6S2/c1-46(25-8-10-26(11-9-25)54-39(52)40(53,33-6-3-18-55-33)34-7-4-19-56-34)16-5-17-48-38-30(44-45-48)20-24(29-22-42-47(2)37(29)38)21-41-23-32(50)27-12-14-31(49)36-28(27)13-15-35(51)43-36/h3-4,6-7,12-15,18-20,22,25-26,28,32,41,49-50,53H,5,8-11,16-17,21,23H2,1-2H3/t25?,26?,28?,32-/m0/s1. The molecule has 1 saturated carbocycles. The van der Waals surface area contributed by atoms with Crippen LogP contribution in [0.15, 0.2) is 87.9 Å². The molecule has 0 spiro atoms. The predicted molar refractivity (Wildman–Crippen MR) is 214 cm³/mol. The molecule has 5 aromatic rings. The van der Waals surface area contributed by atoms with E-state index in [2.05, 4.69) is 37.7 Å². The van der Waals surface area contributed by atoms with Crippen molar-refractivity contribution in [3.05, 3.63) is 98.2 Å². The quantitative estimate of drug-likeness (QED) is 0.116. The molecule has 0 radical (unpaired) electrons. The Bertz CT molecular complexity index is 2320. The summed E-state index contributed by atoms with van der Waals surface area (Å²) < 4.78 is 9.77. The average molecular weight is 797 g/mol. The largest absolute Gasteiger partial charge is 0.506 e. The van der Waals surface area contributed by atoms with Gasteiger partial charge in [0.15, 0.2) is 0 Å². The minimum Gasteiger partial charge on any atom is -0.506 e. The van der Waals surface area contributed by atoms with Crippen molar-refractivity contribution < 1.29 is 29.6 Å². The third-order valence-electron chi connectivity index (χ3n) is 11.1. The maximum Gasteiger partial charge on any atom is 0.349 e. The van der Waals surface area contributed by atoms with Gasteiger partial charge in [0.1, 0.15) is 22.9 Å². The van der Waals surface area contributed by atoms with Crippen molar-refractivity contribution in [1.29, 1.82) is 0 Å². The summed E-state index contributed by atoms with van der Waals surface area (Å²) in [6.07, 6.45) is 11.0. The first-order valence-corrected chi connectivity index (χ1v) is 20.6. The molecule has 5 heterocycles. The van der Waals surface area contributed by atoms with Crippen molar-refractivity contribution >= 4 is 62.2 Å². The van der Waals surface area contributed by atoms with E-state index in [1.54, 1.807) is 24.3 Å². The third-order valence-corrected chi connectivity index (χ3v) is 13.1. The van der Waals surface area contributed by atoms with Crippen LogP contribution in [0.3, 0.4) is 0 Å². The molecular formula is C40H44N8O6S2. The number of dihydropyridines is 1. The zero-order valence-electron chi connectivity index (χ0n) is 31.1. The normalized spacial score (nSPS) is 20.6. The number of carbonyl (C=O) groups excluding carboxylic acids is 2. The van der Waals surface area contributed by atoms with Gasteiger partial charge in [0.25, 0.3) is 5.91 Å². The van der Waals surface area contributed by atoms with Crippen LogP contribution in [0, 0.1) is 5.92 Å². The molecule has 2 atom stereocenters. The lowest BCUT2D eigenvalue weighted by atomic mass is 9.83. The van der Waals surface area contributed by atoms with E-state index < -0.39 is 29.5 Å². The van der Waals surface area contributed by atoms with Crippen molar-refractivity contribution in [1.82, 2.24) is 35.0 Å². The Labute approximate surface area is 331 Å². The zero-order chi connectivity index (χ0) is 39.0. The molecule has 1 aliphatic heterocycles. The van der Waals surface area contributed by atoms with Gasteiger partial charge in [-0.3, -0.25) is 9.48 Å². The predicted octanol–water partition coefficient (Wildman–Crippen LogP) is 4.54. The van der Waals surface area contributed by atoms with Crippen LogP contribution in [-0.4, -0.2) is 101 Å². The maximum absolute atomic E-state index is 13.5. The van der Waals surface area contributed by atoms with Crippen LogP contribution in [0.4, 0.5) is 0 Å². The van der Waals surface area contributed by atoms with Crippen LogP contribution in [0.2, 0.25) is 0 Å². The Morgan fingerprint density at radius 1 is 1.12 bits per heavy atom. The van der Waals surface area contributed by atoms with Crippen molar-refractivity contribution in [2.45, 2.75) is 69.0 Å². The van der Waals surface area contributed by atoms with E-state index in [-0.39, 0.29) is 24.1 Å². The number of thiophene rings is 2. The van der Waals surface area contributed by atoms with Gasteiger partial charge in [0.05, 0.1) is 33.3 Å². The number of hydrogen-bond acceptors (Lipinski definition) is 13. The molecule has 0 saturated heterocycles. The highest BCUT2D eigenvalue weighted by molar-refractivity contribution is 7.12. The molecule has 16 heteroatoms. The number of amides is 1. The van der Waals surface area contributed by atoms with E-state index in [0.29, 0.717) is 34.5 Å². The number of aliphatic imine (C=N–C) groups is 1. The summed E-state index contributed by atoms with van der Waals surface area (Å²) in [5.41, 5.74) is 2.70. The van der Waals surface area contributed by atoms with E-state index >= 15 is 0 Å². The van der Waals surface area contributed by atoms with Crippen LogP contribution in [0.5, 0.6) is 0 Å². The summed E-state index contributed by atoms with van der Waals surface area (Å²) in [5, 5.41) is 54.6. The molecule has 1 aromatic carbocycles. The highest BCUT2D eigenvalue weighted by atomic mass is 32.1. The highest BCUT2D eigenvalue weighted by Crippen LogP contribution is 2.38. The fourth-order valence-corrected chi connectivity index (χ4v) is 9.79. The zero-order valence-corrected chi connectivity index (χ0v) is 32.7. The second-order valence-electron chi connectivity index (χ2n) is 14.6. The molecule has 1 unspecified atom stereocenters. The summed E-state index contributed by atoms with van der Waals surface area (Å²) in [5.74, 6) is -1.57. The first kappa shape index (κ1) is 38.1. The van der Waals surface area contributed by atoms with Crippen molar-refractivity contribution in [3.8, 4) is 0 Å². The second kappa shape index (κ2) is 16.0. The van der Waals surface area contributed by atoms with E-state index in [1.807, 2.05) is 51.6 Å². The van der Waals surface area contributed by atoms with Crippen LogP contribution in [-0.2, 0) is 40.1 Å². The first-order valence-electron chi connectivity index (χ1n) is 18.8. The SMILES string of the molecule is CN(CCCn1nnc2cc(CNC[C@H](O)C3=CC=C(O)C4=NC(=O)C=CC34)c3cnn(C)c3c21)C1CCC(OC(=O)C(O)(c2cccs2)c2cccs2)CC1. The van der Waals surface area contributed by atoms with E-state index in [0.717, 1.165) is 66.1 Å². The fourth-order valence-electron chi connectivity index (χ4n) is 8.08. The van der Waals surface area contributed by atoms with Gasteiger partial charge in [-0.25, -0.2) is 14.5 Å². The molecule has 4 N–H and O–H groups in total.